The fourth-order valence-electron chi connectivity index (χ4n) is 2.87. The molecule has 0 aliphatic heterocycles. The molecule has 0 radical (unpaired) electrons. The molecule has 104 valence electrons. The van der Waals surface area contributed by atoms with Crippen molar-refractivity contribution in [2.75, 3.05) is 19.6 Å². The van der Waals surface area contributed by atoms with E-state index < -0.39 is 0 Å². The molecule has 0 heterocycles. The van der Waals surface area contributed by atoms with Gasteiger partial charge in [-0.05, 0) is 57.2 Å². The quantitative estimate of drug-likeness (QED) is 0.728. The molecule has 19 heavy (non-hydrogen) atoms. The summed E-state index contributed by atoms with van der Waals surface area (Å²) in [6.45, 7) is 10.9. The molecule has 0 N–H and O–H groups in total. The van der Waals surface area contributed by atoms with Crippen molar-refractivity contribution in [3.63, 3.8) is 0 Å². The molecule has 2 rings (SSSR count). The number of carbonyl (C=O) groups is 1. The Morgan fingerprint density at radius 3 is 2.26 bits per heavy atom. The standard InChI is InChI=1S/C17H25NO/c1-5-18(10-15-6-7-15)11-16(19)17-13(3)8-12(2)9-14(17)4/h8-9,15H,5-7,10-11H2,1-4H3. The zero-order valence-electron chi connectivity index (χ0n) is 12.6. The molecule has 1 aromatic carbocycles. The highest BCUT2D eigenvalue weighted by Gasteiger charge is 2.25. The Morgan fingerprint density at radius 1 is 1.21 bits per heavy atom. The van der Waals surface area contributed by atoms with E-state index in [-0.39, 0.29) is 5.78 Å². The van der Waals surface area contributed by atoms with Crippen LogP contribution in [-0.2, 0) is 0 Å². The number of carbonyl (C=O) groups excluding carboxylic acids is 1. The normalized spacial score (nSPS) is 15.0. The molecule has 1 aromatic rings. The highest BCUT2D eigenvalue weighted by Crippen LogP contribution is 2.29. The minimum absolute atomic E-state index is 0.275. The van der Waals surface area contributed by atoms with Gasteiger partial charge in [0.05, 0.1) is 6.54 Å². The van der Waals surface area contributed by atoms with Crippen molar-refractivity contribution in [1.82, 2.24) is 4.90 Å². The van der Waals surface area contributed by atoms with Gasteiger partial charge < -0.3 is 0 Å². The summed E-state index contributed by atoms with van der Waals surface area (Å²) in [4.78, 5) is 14.8. The van der Waals surface area contributed by atoms with Gasteiger partial charge in [0.2, 0.25) is 0 Å². The second kappa shape index (κ2) is 5.87. The number of Topliss-reactive ketones (excluding diaryl/α,β-unsaturated/α-hetero) is 1. The van der Waals surface area contributed by atoms with E-state index in [2.05, 4.69) is 30.9 Å². The van der Waals surface area contributed by atoms with Crippen LogP contribution in [0.3, 0.4) is 0 Å². The zero-order chi connectivity index (χ0) is 14.0. The number of rotatable bonds is 6. The lowest BCUT2D eigenvalue weighted by molar-refractivity contribution is 0.0930. The highest BCUT2D eigenvalue weighted by molar-refractivity contribution is 6.00. The van der Waals surface area contributed by atoms with E-state index in [1.165, 1.54) is 18.4 Å². The highest BCUT2D eigenvalue weighted by atomic mass is 16.1. The van der Waals surface area contributed by atoms with Gasteiger partial charge in [0.1, 0.15) is 0 Å². The van der Waals surface area contributed by atoms with Crippen molar-refractivity contribution in [3.8, 4) is 0 Å². The van der Waals surface area contributed by atoms with E-state index in [9.17, 15) is 4.79 Å². The number of hydrogen-bond acceptors (Lipinski definition) is 2. The first-order valence-electron chi connectivity index (χ1n) is 7.34. The van der Waals surface area contributed by atoms with Crippen molar-refractivity contribution in [2.45, 2.75) is 40.5 Å². The fraction of sp³-hybridized carbons (Fsp3) is 0.588. The third kappa shape index (κ3) is 3.66. The summed E-state index contributed by atoms with van der Waals surface area (Å²) in [5.74, 6) is 1.12. The number of ketones is 1. The Balaban J connectivity index is 2.10. The average Bonchev–Trinajstić information content (AvgIpc) is 3.10. The summed E-state index contributed by atoms with van der Waals surface area (Å²) in [5, 5.41) is 0. The first-order chi connectivity index (χ1) is 9.01. The molecule has 0 bridgehead atoms. The van der Waals surface area contributed by atoms with Crippen LogP contribution in [0.15, 0.2) is 12.1 Å². The molecular formula is C17H25NO. The van der Waals surface area contributed by atoms with Crippen LogP contribution in [0.2, 0.25) is 0 Å². The molecule has 0 unspecified atom stereocenters. The number of nitrogens with zero attached hydrogens (tertiary/aromatic N) is 1. The Hall–Kier alpha value is -1.15. The van der Waals surface area contributed by atoms with Crippen molar-refractivity contribution < 1.29 is 4.79 Å². The topological polar surface area (TPSA) is 20.3 Å². The van der Waals surface area contributed by atoms with Gasteiger partial charge in [-0.3, -0.25) is 9.69 Å². The fourth-order valence-corrected chi connectivity index (χ4v) is 2.87. The molecule has 0 spiro atoms. The molecule has 0 amide bonds. The summed E-state index contributed by atoms with van der Waals surface area (Å²) in [5.41, 5.74) is 4.40. The van der Waals surface area contributed by atoms with Gasteiger partial charge in [0.25, 0.3) is 0 Å². The van der Waals surface area contributed by atoms with Crippen molar-refractivity contribution in [3.05, 3.63) is 34.4 Å². The van der Waals surface area contributed by atoms with Crippen molar-refractivity contribution in [2.24, 2.45) is 5.92 Å². The summed E-state index contributed by atoms with van der Waals surface area (Å²) in [6, 6.07) is 4.22. The van der Waals surface area contributed by atoms with Gasteiger partial charge in [-0.1, -0.05) is 24.6 Å². The van der Waals surface area contributed by atoms with Crippen LogP contribution in [0, 0.1) is 26.7 Å². The van der Waals surface area contributed by atoms with Crippen LogP contribution in [0.1, 0.15) is 46.8 Å². The van der Waals surface area contributed by atoms with E-state index in [4.69, 9.17) is 0 Å². The van der Waals surface area contributed by atoms with Gasteiger partial charge in [0.15, 0.2) is 5.78 Å². The predicted molar refractivity (Wildman–Crippen MR) is 79.8 cm³/mol. The Labute approximate surface area is 116 Å². The third-order valence-corrected chi connectivity index (χ3v) is 3.98. The lowest BCUT2D eigenvalue weighted by atomic mass is 9.96. The maximum absolute atomic E-state index is 12.5. The number of likely N-dealkylation sites (N-methyl/N-ethyl adjacent to an activating group) is 1. The van der Waals surface area contributed by atoms with Gasteiger partial charge in [0, 0.05) is 12.1 Å². The van der Waals surface area contributed by atoms with E-state index in [1.807, 2.05) is 13.8 Å². The van der Waals surface area contributed by atoms with E-state index in [0.717, 1.165) is 35.7 Å². The molecular weight excluding hydrogens is 234 g/mol. The third-order valence-electron chi connectivity index (χ3n) is 3.98. The second-order valence-electron chi connectivity index (χ2n) is 5.97. The lowest BCUT2D eigenvalue weighted by Gasteiger charge is -2.20. The molecule has 2 nitrogen and oxygen atoms in total. The SMILES string of the molecule is CCN(CC(=O)c1c(C)cc(C)cc1C)CC1CC1. The van der Waals surface area contributed by atoms with Gasteiger partial charge in [-0.2, -0.15) is 0 Å². The zero-order valence-corrected chi connectivity index (χ0v) is 12.6. The van der Waals surface area contributed by atoms with Gasteiger partial charge in [-0.25, -0.2) is 0 Å². The maximum atomic E-state index is 12.5. The van der Waals surface area contributed by atoms with Crippen LogP contribution in [0.5, 0.6) is 0 Å². The van der Waals surface area contributed by atoms with Crippen LogP contribution in [0.25, 0.3) is 0 Å². The minimum Gasteiger partial charge on any atom is -0.296 e. The molecule has 0 atom stereocenters. The van der Waals surface area contributed by atoms with Crippen molar-refractivity contribution >= 4 is 5.78 Å². The van der Waals surface area contributed by atoms with Crippen LogP contribution in [-0.4, -0.2) is 30.3 Å². The molecule has 1 fully saturated rings. The maximum Gasteiger partial charge on any atom is 0.177 e. The summed E-state index contributed by atoms with van der Waals surface area (Å²) >= 11 is 0. The number of benzene rings is 1. The van der Waals surface area contributed by atoms with Gasteiger partial charge in [-0.15, -0.1) is 0 Å². The predicted octanol–water partition coefficient (Wildman–Crippen LogP) is 3.53. The second-order valence-corrected chi connectivity index (χ2v) is 5.97. The van der Waals surface area contributed by atoms with Crippen LogP contribution < -0.4 is 0 Å². The molecule has 0 aromatic heterocycles. The molecule has 1 aliphatic rings. The lowest BCUT2D eigenvalue weighted by Crippen LogP contribution is -2.32. The Morgan fingerprint density at radius 2 is 1.79 bits per heavy atom. The average molecular weight is 259 g/mol. The van der Waals surface area contributed by atoms with Crippen molar-refractivity contribution in [1.29, 1.82) is 0 Å². The Kier molecular flexibility index (Phi) is 4.41. The number of hydrogen-bond donors (Lipinski definition) is 0. The van der Waals surface area contributed by atoms with E-state index in [1.54, 1.807) is 0 Å². The first-order valence-corrected chi connectivity index (χ1v) is 7.34. The summed E-state index contributed by atoms with van der Waals surface area (Å²) < 4.78 is 0. The minimum atomic E-state index is 0.275. The van der Waals surface area contributed by atoms with E-state index >= 15 is 0 Å². The summed E-state index contributed by atoms with van der Waals surface area (Å²) in [6.07, 6.45) is 2.68. The summed E-state index contributed by atoms with van der Waals surface area (Å²) in [7, 11) is 0. The first kappa shape index (κ1) is 14.3. The molecule has 2 heteroatoms. The van der Waals surface area contributed by atoms with Gasteiger partial charge >= 0.3 is 0 Å². The molecule has 1 aliphatic carbocycles. The smallest absolute Gasteiger partial charge is 0.177 e. The molecule has 0 saturated heterocycles. The van der Waals surface area contributed by atoms with Crippen LogP contribution >= 0.6 is 0 Å². The number of aryl methyl sites for hydroxylation is 3. The molecule has 1 saturated carbocycles. The van der Waals surface area contributed by atoms with E-state index in [0.29, 0.717) is 6.54 Å². The monoisotopic (exact) mass is 259 g/mol. The van der Waals surface area contributed by atoms with Crippen LogP contribution in [0.4, 0.5) is 0 Å². The largest absolute Gasteiger partial charge is 0.296 e. The Bertz CT molecular complexity index is 451.